The molecule has 0 aromatic heterocycles. The lowest BCUT2D eigenvalue weighted by molar-refractivity contribution is -0.122. The highest BCUT2D eigenvalue weighted by Crippen LogP contribution is 2.01. The molecule has 0 saturated carbocycles. The van der Waals surface area contributed by atoms with E-state index in [9.17, 15) is 0 Å². The molecule has 0 bridgehead atoms. The van der Waals surface area contributed by atoms with E-state index in [4.69, 9.17) is 14.9 Å². The van der Waals surface area contributed by atoms with Crippen LogP contribution in [0.3, 0.4) is 0 Å². The van der Waals surface area contributed by atoms with Crippen molar-refractivity contribution in [3.8, 4) is 0 Å². The van der Waals surface area contributed by atoms with Gasteiger partial charge >= 0.3 is 0 Å². The average Bonchev–Trinajstić information content (AvgIpc) is 1.97. The predicted octanol–water partition coefficient (Wildman–Crippen LogP) is 0.892. The Bertz CT molecular complexity index is 83.4. The van der Waals surface area contributed by atoms with Gasteiger partial charge in [0.2, 0.25) is 0 Å². The second-order valence-corrected chi connectivity index (χ2v) is 2.78. The summed E-state index contributed by atoms with van der Waals surface area (Å²) in [7, 11) is 0. The predicted molar refractivity (Wildman–Crippen MR) is 43.2 cm³/mol. The molecule has 3 heteroatoms. The van der Waals surface area contributed by atoms with E-state index in [2.05, 4.69) is 6.92 Å². The van der Waals surface area contributed by atoms with Gasteiger partial charge in [0.25, 0.3) is 0 Å². The van der Waals surface area contributed by atoms with E-state index in [1.54, 1.807) is 6.92 Å². The van der Waals surface area contributed by atoms with Gasteiger partial charge in [-0.15, -0.1) is 0 Å². The molecule has 0 fully saturated rings. The van der Waals surface area contributed by atoms with Gasteiger partial charge in [-0.25, -0.2) is 0 Å². The molecule has 0 radical (unpaired) electrons. The van der Waals surface area contributed by atoms with Crippen molar-refractivity contribution >= 4 is 0 Å². The summed E-state index contributed by atoms with van der Waals surface area (Å²) < 4.78 is 4.91. The van der Waals surface area contributed by atoms with Crippen LogP contribution in [0.5, 0.6) is 0 Å². The molecule has 0 aliphatic rings. The van der Waals surface area contributed by atoms with Crippen molar-refractivity contribution < 1.29 is 14.9 Å². The molecule has 3 nitrogen and oxygen atoms in total. The first-order valence-corrected chi connectivity index (χ1v) is 4.14. The molecule has 0 aliphatic heterocycles. The van der Waals surface area contributed by atoms with E-state index in [0.29, 0.717) is 6.42 Å². The third-order valence-electron chi connectivity index (χ3n) is 1.33. The first-order valence-electron chi connectivity index (χ1n) is 4.14. The van der Waals surface area contributed by atoms with E-state index in [0.717, 1.165) is 12.8 Å². The minimum absolute atomic E-state index is 0.213. The Hall–Kier alpha value is -0.120. The first-order chi connectivity index (χ1) is 5.16. The van der Waals surface area contributed by atoms with Gasteiger partial charge in [0, 0.05) is 0 Å². The fraction of sp³-hybridized carbons (Fsp3) is 1.00. The van der Waals surface area contributed by atoms with Crippen molar-refractivity contribution in [3.05, 3.63) is 0 Å². The van der Waals surface area contributed by atoms with Crippen LogP contribution in [0.15, 0.2) is 0 Å². The van der Waals surface area contributed by atoms with E-state index in [1.165, 1.54) is 0 Å². The SMILES string of the molecule is CCCCC(O)OCC(C)O. The maximum atomic E-state index is 9.10. The summed E-state index contributed by atoms with van der Waals surface area (Å²) >= 11 is 0. The van der Waals surface area contributed by atoms with Crippen LogP contribution >= 0.6 is 0 Å². The van der Waals surface area contributed by atoms with Crippen LogP contribution in [0.25, 0.3) is 0 Å². The van der Waals surface area contributed by atoms with Crippen molar-refractivity contribution in [2.75, 3.05) is 6.61 Å². The van der Waals surface area contributed by atoms with Crippen LogP contribution in [0.2, 0.25) is 0 Å². The van der Waals surface area contributed by atoms with E-state index < -0.39 is 12.4 Å². The molecule has 0 heterocycles. The Morgan fingerprint density at radius 2 is 2.00 bits per heavy atom. The molecule has 0 aromatic carbocycles. The zero-order chi connectivity index (χ0) is 8.69. The quantitative estimate of drug-likeness (QED) is 0.570. The summed E-state index contributed by atoms with van der Waals surface area (Å²) in [6.45, 7) is 3.90. The zero-order valence-electron chi connectivity index (χ0n) is 7.29. The fourth-order valence-corrected chi connectivity index (χ4v) is 0.712. The highest BCUT2D eigenvalue weighted by atomic mass is 16.6. The third kappa shape index (κ3) is 7.78. The van der Waals surface area contributed by atoms with Gasteiger partial charge in [-0.2, -0.15) is 0 Å². The number of aliphatic hydroxyl groups is 2. The van der Waals surface area contributed by atoms with E-state index in [-0.39, 0.29) is 6.61 Å². The van der Waals surface area contributed by atoms with Crippen molar-refractivity contribution in [2.45, 2.75) is 45.5 Å². The second-order valence-electron chi connectivity index (χ2n) is 2.78. The van der Waals surface area contributed by atoms with E-state index >= 15 is 0 Å². The molecular formula is C8H18O3. The summed E-state index contributed by atoms with van der Waals surface area (Å²) in [5.74, 6) is 0. The van der Waals surface area contributed by atoms with Gasteiger partial charge in [-0.1, -0.05) is 13.3 Å². The topological polar surface area (TPSA) is 49.7 Å². The number of rotatable bonds is 6. The fourth-order valence-electron chi connectivity index (χ4n) is 0.712. The molecule has 0 aromatic rings. The lowest BCUT2D eigenvalue weighted by atomic mass is 10.2. The zero-order valence-corrected chi connectivity index (χ0v) is 7.29. The number of aliphatic hydroxyl groups excluding tert-OH is 2. The molecule has 0 spiro atoms. The van der Waals surface area contributed by atoms with Crippen molar-refractivity contribution in [1.29, 1.82) is 0 Å². The highest BCUT2D eigenvalue weighted by Gasteiger charge is 2.04. The Kier molecular flexibility index (Phi) is 6.51. The summed E-state index contributed by atoms with van der Waals surface area (Å²) in [5.41, 5.74) is 0. The third-order valence-corrected chi connectivity index (χ3v) is 1.33. The standard InChI is InChI=1S/C8H18O3/c1-3-4-5-8(10)11-6-7(2)9/h7-10H,3-6H2,1-2H3. The maximum absolute atomic E-state index is 9.10. The number of unbranched alkanes of at least 4 members (excludes halogenated alkanes) is 1. The molecule has 2 atom stereocenters. The lowest BCUT2D eigenvalue weighted by Gasteiger charge is -2.12. The minimum Gasteiger partial charge on any atom is -0.391 e. The summed E-state index contributed by atoms with van der Waals surface area (Å²) in [6, 6.07) is 0. The number of ether oxygens (including phenoxy) is 1. The molecule has 0 amide bonds. The lowest BCUT2D eigenvalue weighted by Crippen LogP contribution is -2.18. The Morgan fingerprint density at radius 3 is 2.45 bits per heavy atom. The van der Waals surface area contributed by atoms with Crippen LogP contribution in [-0.2, 0) is 4.74 Å². The summed E-state index contributed by atoms with van der Waals surface area (Å²) in [6.07, 6.45) is 1.47. The molecule has 11 heavy (non-hydrogen) atoms. The largest absolute Gasteiger partial charge is 0.391 e. The van der Waals surface area contributed by atoms with Gasteiger partial charge in [-0.05, 0) is 19.8 Å². The molecule has 2 N–H and O–H groups in total. The van der Waals surface area contributed by atoms with Crippen LogP contribution in [0.4, 0.5) is 0 Å². The molecule has 2 unspecified atom stereocenters. The van der Waals surface area contributed by atoms with Crippen LogP contribution in [0.1, 0.15) is 33.1 Å². The molecule has 0 rings (SSSR count). The van der Waals surface area contributed by atoms with Crippen LogP contribution in [-0.4, -0.2) is 29.2 Å². The minimum atomic E-state index is -0.704. The normalized spacial score (nSPS) is 16.4. The summed E-state index contributed by atoms with van der Waals surface area (Å²) in [4.78, 5) is 0. The van der Waals surface area contributed by atoms with Gasteiger partial charge in [-0.3, -0.25) is 0 Å². The van der Waals surface area contributed by atoms with E-state index in [1.807, 2.05) is 0 Å². The van der Waals surface area contributed by atoms with Crippen molar-refractivity contribution in [3.63, 3.8) is 0 Å². The highest BCUT2D eigenvalue weighted by molar-refractivity contribution is 4.46. The average molecular weight is 162 g/mol. The Morgan fingerprint density at radius 1 is 1.36 bits per heavy atom. The second kappa shape index (κ2) is 6.58. The molecule has 0 aliphatic carbocycles. The van der Waals surface area contributed by atoms with Gasteiger partial charge in [0.1, 0.15) is 0 Å². The smallest absolute Gasteiger partial charge is 0.154 e. The van der Waals surface area contributed by atoms with Gasteiger partial charge < -0.3 is 14.9 Å². The number of hydrogen-bond donors (Lipinski definition) is 2. The molecule has 0 saturated heterocycles. The van der Waals surface area contributed by atoms with Gasteiger partial charge in [0.05, 0.1) is 12.7 Å². The monoisotopic (exact) mass is 162 g/mol. The van der Waals surface area contributed by atoms with Crippen LogP contribution < -0.4 is 0 Å². The Balaban J connectivity index is 3.15. The molecular weight excluding hydrogens is 144 g/mol. The first kappa shape index (κ1) is 10.9. The summed E-state index contributed by atoms with van der Waals surface area (Å²) in [5, 5.41) is 17.9. The number of hydrogen-bond acceptors (Lipinski definition) is 3. The van der Waals surface area contributed by atoms with Gasteiger partial charge in [0.15, 0.2) is 6.29 Å². The van der Waals surface area contributed by atoms with Crippen LogP contribution in [0, 0.1) is 0 Å². The molecule has 68 valence electrons. The Labute approximate surface area is 68.0 Å². The van der Waals surface area contributed by atoms with Crippen molar-refractivity contribution in [2.24, 2.45) is 0 Å². The van der Waals surface area contributed by atoms with Crippen molar-refractivity contribution in [1.82, 2.24) is 0 Å². The maximum Gasteiger partial charge on any atom is 0.154 e.